The molecule has 1 aromatic rings. The molecule has 1 aliphatic rings. The van der Waals surface area contributed by atoms with Gasteiger partial charge in [0.15, 0.2) is 0 Å². The van der Waals surface area contributed by atoms with E-state index >= 15 is 0 Å². The summed E-state index contributed by atoms with van der Waals surface area (Å²) in [5.74, 6) is -2.26. The van der Waals surface area contributed by atoms with E-state index in [1.54, 1.807) is 0 Å². The van der Waals surface area contributed by atoms with Crippen LogP contribution < -0.4 is 0 Å². The van der Waals surface area contributed by atoms with Gasteiger partial charge in [-0.3, -0.25) is 0 Å². The third-order valence-corrected chi connectivity index (χ3v) is 3.45. The number of hydrogen-bond acceptors (Lipinski definition) is 3. The van der Waals surface area contributed by atoms with E-state index in [2.05, 4.69) is 4.90 Å². The van der Waals surface area contributed by atoms with Gasteiger partial charge in [-0.25, -0.2) is 9.18 Å². The molecule has 1 heterocycles. The highest BCUT2D eigenvalue weighted by atomic mass is 19.4. The molecule has 0 aliphatic carbocycles. The molecule has 0 saturated carbocycles. The van der Waals surface area contributed by atoms with Gasteiger partial charge in [0.05, 0.1) is 11.1 Å². The zero-order valence-corrected chi connectivity index (χ0v) is 11.4. The maximum Gasteiger partial charge on any atom is 0.419 e. The van der Waals surface area contributed by atoms with Crippen LogP contribution in [0.2, 0.25) is 0 Å². The van der Waals surface area contributed by atoms with Crippen LogP contribution in [0.4, 0.5) is 17.6 Å². The summed E-state index contributed by atoms with van der Waals surface area (Å²) < 4.78 is 56.1. The molecule has 0 N–H and O–H groups in total. The fourth-order valence-corrected chi connectivity index (χ4v) is 2.19. The summed E-state index contributed by atoms with van der Waals surface area (Å²) in [5.41, 5.74) is -1.75. The van der Waals surface area contributed by atoms with Gasteiger partial charge < -0.3 is 9.64 Å². The van der Waals surface area contributed by atoms with E-state index in [0.29, 0.717) is 25.0 Å². The molecule has 1 aliphatic heterocycles. The summed E-state index contributed by atoms with van der Waals surface area (Å²) in [6.45, 7) is 1.52. The fourth-order valence-electron chi connectivity index (χ4n) is 2.19. The number of carbonyl (C=O) groups excluding carboxylic acids is 1. The molecule has 116 valence electrons. The quantitative estimate of drug-likeness (QED) is 0.621. The van der Waals surface area contributed by atoms with E-state index in [0.717, 1.165) is 19.2 Å². The Bertz CT molecular complexity index is 522. The average Bonchev–Trinajstić information content (AvgIpc) is 2.40. The zero-order valence-electron chi connectivity index (χ0n) is 11.4. The lowest BCUT2D eigenvalue weighted by atomic mass is 10.1. The molecule has 1 aromatic carbocycles. The van der Waals surface area contributed by atoms with Crippen molar-refractivity contribution < 1.29 is 27.1 Å². The molecular formula is C14H15F4NO2. The summed E-state index contributed by atoms with van der Waals surface area (Å²) >= 11 is 0. The number of rotatable bonds is 2. The van der Waals surface area contributed by atoms with E-state index in [-0.39, 0.29) is 11.7 Å². The molecule has 1 fully saturated rings. The van der Waals surface area contributed by atoms with Crippen LogP contribution in [0.25, 0.3) is 0 Å². The van der Waals surface area contributed by atoms with Crippen molar-refractivity contribution in [3.05, 3.63) is 35.1 Å². The molecule has 0 aromatic heterocycles. The minimum Gasteiger partial charge on any atom is -0.459 e. The van der Waals surface area contributed by atoms with Crippen molar-refractivity contribution in [2.45, 2.75) is 25.1 Å². The smallest absolute Gasteiger partial charge is 0.419 e. The number of alkyl halides is 3. The van der Waals surface area contributed by atoms with Crippen molar-refractivity contribution in [3.8, 4) is 0 Å². The van der Waals surface area contributed by atoms with Crippen molar-refractivity contribution in [1.29, 1.82) is 0 Å². The second-order valence-corrected chi connectivity index (χ2v) is 5.10. The summed E-state index contributed by atoms with van der Waals surface area (Å²) in [6.07, 6.45) is -3.88. The minimum absolute atomic E-state index is 0.289. The van der Waals surface area contributed by atoms with Crippen molar-refractivity contribution in [1.82, 2.24) is 4.90 Å². The predicted octanol–water partition coefficient (Wildman–Crippen LogP) is 3.10. The lowest BCUT2D eigenvalue weighted by Gasteiger charge is -2.28. The van der Waals surface area contributed by atoms with Gasteiger partial charge in [-0.05, 0) is 38.1 Å². The monoisotopic (exact) mass is 305 g/mol. The molecule has 0 spiro atoms. The first kappa shape index (κ1) is 15.8. The summed E-state index contributed by atoms with van der Waals surface area (Å²) in [5, 5.41) is 0. The highest BCUT2D eigenvalue weighted by Gasteiger charge is 2.35. The molecule has 0 radical (unpaired) electrons. The number of nitrogens with zero attached hydrogens (tertiary/aromatic N) is 1. The van der Waals surface area contributed by atoms with Gasteiger partial charge in [0, 0.05) is 13.1 Å². The maximum atomic E-state index is 13.2. The SMILES string of the molecule is CN1CCC(OC(=O)c2ccc(F)c(C(F)(F)F)c2)CC1. The average molecular weight is 305 g/mol. The standard InChI is InChI=1S/C14H15F4NO2/c1-19-6-4-10(5-7-19)21-13(20)9-2-3-12(15)11(8-9)14(16,17)18/h2-3,8,10H,4-7H2,1H3. The molecule has 7 heteroatoms. The van der Waals surface area contributed by atoms with Crippen LogP contribution >= 0.6 is 0 Å². The number of hydrogen-bond donors (Lipinski definition) is 0. The zero-order chi connectivity index (χ0) is 15.6. The first-order chi connectivity index (χ1) is 9.77. The predicted molar refractivity (Wildman–Crippen MR) is 67.3 cm³/mol. The number of carbonyl (C=O) groups is 1. The second kappa shape index (κ2) is 6.01. The van der Waals surface area contributed by atoms with Gasteiger partial charge in [-0.15, -0.1) is 0 Å². The summed E-state index contributed by atoms with van der Waals surface area (Å²) in [4.78, 5) is 13.9. The van der Waals surface area contributed by atoms with Crippen molar-refractivity contribution in [2.24, 2.45) is 0 Å². The second-order valence-electron chi connectivity index (χ2n) is 5.10. The molecule has 21 heavy (non-hydrogen) atoms. The highest BCUT2D eigenvalue weighted by Crippen LogP contribution is 2.32. The minimum atomic E-state index is -4.84. The van der Waals surface area contributed by atoms with Gasteiger partial charge in [-0.2, -0.15) is 13.2 Å². The summed E-state index contributed by atoms with van der Waals surface area (Å²) in [7, 11) is 1.94. The molecule has 3 nitrogen and oxygen atoms in total. The summed E-state index contributed by atoms with van der Waals surface area (Å²) in [6, 6.07) is 2.13. The number of benzene rings is 1. The Morgan fingerprint density at radius 1 is 1.29 bits per heavy atom. The lowest BCUT2D eigenvalue weighted by Crippen LogP contribution is -2.35. The van der Waals surface area contributed by atoms with Gasteiger partial charge >= 0.3 is 12.1 Å². The third kappa shape index (κ3) is 3.93. The Labute approximate surface area is 119 Å². The molecule has 2 rings (SSSR count). The number of ether oxygens (including phenoxy) is 1. The number of piperidine rings is 1. The van der Waals surface area contributed by atoms with E-state index in [4.69, 9.17) is 4.74 Å². The Kier molecular flexibility index (Phi) is 4.51. The Balaban J connectivity index is 2.09. The lowest BCUT2D eigenvalue weighted by molar-refractivity contribution is -0.140. The normalized spacial score (nSPS) is 17.8. The van der Waals surface area contributed by atoms with Crippen LogP contribution in [0, 0.1) is 5.82 Å². The van der Waals surface area contributed by atoms with Crippen LogP contribution in [-0.4, -0.2) is 37.1 Å². The van der Waals surface area contributed by atoms with Crippen molar-refractivity contribution in [2.75, 3.05) is 20.1 Å². The van der Waals surface area contributed by atoms with Crippen molar-refractivity contribution in [3.63, 3.8) is 0 Å². The largest absolute Gasteiger partial charge is 0.459 e. The van der Waals surface area contributed by atoms with Crippen molar-refractivity contribution >= 4 is 5.97 Å². The van der Waals surface area contributed by atoms with Gasteiger partial charge in [0.1, 0.15) is 11.9 Å². The van der Waals surface area contributed by atoms with Gasteiger partial charge in [-0.1, -0.05) is 0 Å². The van der Waals surface area contributed by atoms with Crippen LogP contribution in [0.3, 0.4) is 0 Å². The van der Waals surface area contributed by atoms with E-state index in [9.17, 15) is 22.4 Å². The van der Waals surface area contributed by atoms with Crippen LogP contribution in [0.1, 0.15) is 28.8 Å². The Morgan fingerprint density at radius 3 is 2.48 bits per heavy atom. The van der Waals surface area contributed by atoms with E-state index < -0.39 is 23.5 Å². The topological polar surface area (TPSA) is 29.5 Å². The molecule has 0 atom stereocenters. The van der Waals surface area contributed by atoms with Crippen LogP contribution in [0.5, 0.6) is 0 Å². The van der Waals surface area contributed by atoms with Gasteiger partial charge in [0.2, 0.25) is 0 Å². The maximum absolute atomic E-state index is 13.2. The molecule has 0 amide bonds. The fraction of sp³-hybridized carbons (Fsp3) is 0.500. The van der Waals surface area contributed by atoms with Gasteiger partial charge in [0.25, 0.3) is 0 Å². The molecular weight excluding hydrogens is 290 g/mol. The van der Waals surface area contributed by atoms with Crippen LogP contribution in [0.15, 0.2) is 18.2 Å². The Hall–Kier alpha value is -1.63. The molecule has 1 saturated heterocycles. The third-order valence-electron chi connectivity index (χ3n) is 3.45. The number of esters is 1. The molecule has 0 bridgehead atoms. The number of halogens is 4. The highest BCUT2D eigenvalue weighted by molar-refractivity contribution is 5.89. The van der Waals surface area contributed by atoms with E-state index in [1.807, 2.05) is 7.05 Å². The van der Waals surface area contributed by atoms with E-state index in [1.165, 1.54) is 0 Å². The van der Waals surface area contributed by atoms with Crippen LogP contribution in [-0.2, 0) is 10.9 Å². The Morgan fingerprint density at radius 2 is 1.90 bits per heavy atom. The first-order valence-corrected chi connectivity index (χ1v) is 6.53. The molecule has 0 unspecified atom stereocenters. The number of likely N-dealkylation sites (tertiary alicyclic amines) is 1. The first-order valence-electron chi connectivity index (χ1n) is 6.53.